The summed E-state index contributed by atoms with van der Waals surface area (Å²) in [5, 5.41) is 1.03. The highest BCUT2D eigenvalue weighted by Crippen LogP contribution is 2.34. The molecule has 0 saturated heterocycles. The molecule has 9 heteroatoms. The quantitative estimate of drug-likeness (QED) is 0.349. The highest BCUT2D eigenvalue weighted by atomic mass is 32.2. The van der Waals surface area contributed by atoms with Crippen molar-refractivity contribution in [3.63, 3.8) is 0 Å². The van der Waals surface area contributed by atoms with Gasteiger partial charge in [0.25, 0.3) is 16.0 Å². The standard InChI is InChI=1S/C16H13N3OS.CH4O3S/c17-16(18)19-15(20)14-9-12-11(7-4-8-13(12)21-14)10-5-2-1-3-6-10;1-5(2,3)4/h1-9H,(H4,17,18,19,20);1H3,(H,2,3,4). The minimum atomic E-state index is -3.67. The predicted molar refractivity (Wildman–Crippen MR) is 105 cm³/mol. The molecule has 7 nitrogen and oxygen atoms in total. The van der Waals surface area contributed by atoms with E-state index in [-0.39, 0.29) is 5.96 Å². The van der Waals surface area contributed by atoms with E-state index >= 15 is 0 Å². The van der Waals surface area contributed by atoms with Crippen molar-refractivity contribution in [1.29, 1.82) is 0 Å². The van der Waals surface area contributed by atoms with Crippen molar-refractivity contribution in [3.05, 3.63) is 59.5 Å². The first-order chi connectivity index (χ1) is 12.1. The van der Waals surface area contributed by atoms with Gasteiger partial charge in [-0.25, -0.2) is 0 Å². The van der Waals surface area contributed by atoms with Crippen molar-refractivity contribution in [2.75, 3.05) is 6.26 Å². The number of hydrogen-bond donors (Lipinski definition) is 3. The van der Waals surface area contributed by atoms with Gasteiger partial charge in [-0.1, -0.05) is 42.5 Å². The van der Waals surface area contributed by atoms with Crippen molar-refractivity contribution >= 4 is 43.4 Å². The average Bonchev–Trinajstić information content (AvgIpc) is 2.97. The van der Waals surface area contributed by atoms with Crippen LogP contribution in [0.1, 0.15) is 9.67 Å². The van der Waals surface area contributed by atoms with Gasteiger partial charge in [-0.3, -0.25) is 9.35 Å². The summed E-state index contributed by atoms with van der Waals surface area (Å²) in [5.41, 5.74) is 12.7. The molecule has 0 fully saturated rings. The van der Waals surface area contributed by atoms with Gasteiger partial charge >= 0.3 is 0 Å². The van der Waals surface area contributed by atoms with Crippen molar-refractivity contribution in [2.45, 2.75) is 0 Å². The van der Waals surface area contributed by atoms with Gasteiger partial charge in [0.1, 0.15) is 0 Å². The van der Waals surface area contributed by atoms with Crippen LogP contribution < -0.4 is 11.5 Å². The molecule has 0 radical (unpaired) electrons. The Balaban J connectivity index is 0.000000431. The number of hydrogen-bond acceptors (Lipinski definition) is 4. The van der Waals surface area contributed by atoms with Crippen LogP contribution in [0.3, 0.4) is 0 Å². The van der Waals surface area contributed by atoms with Crippen LogP contribution in [0.25, 0.3) is 21.2 Å². The number of benzene rings is 2. The maximum Gasteiger partial charge on any atom is 0.290 e. The molecule has 0 aliphatic rings. The third kappa shape index (κ3) is 5.66. The van der Waals surface area contributed by atoms with Crippen LogP contribution in [0.4, 0.5) is 0 Å². The van der Waals surface area contributed by atoms with E-state index in [1.807, 2.05) is 54.6 Å². The SMILES string of the molecule is CS(=O)(=O)O.NC(N)=NC(=O)c1cc2c(-c3ccccc3)cccc2s1. The van der Waals surface area contributed by atoms with Crippen molar-refractivity contribution in [2.24, 2.45) is 16.5 Å². The molecule has 26 heavy (non-hydrogen) atoms. The first kappa shape index (κ1) is 19.6. The summed E-state index contributed by atoms with van der Waals surface area (Å²) >= 11 is 1.39. The van der Waals surface area contributed by atoms with E-state index in [4.69, 9.17) is 16.0 Å². The molecule has 5 N–H and O–H groups in total. The number of nitrogens with zero attached hydrogens (tertiary/aromatic N) is 1. The van der Waals surface area contributed by atoms with Crippen LogP contribution in [0.15, 0.2) is 59.6 Å². The highest BCUT2D eigenvalue weighted by molar-refractivity contribution is 7.85. The zero-order chi connectivity index (χ0) is 19.3. The van der Waals surface area contributed by atoms with Crippen LogP contribution >= 0.6 is 11.3 Å². The zero-order valence-electron chi connectivity index (χ0n) is 13.8. The first-order valence-corrected chi connectivity index (χ1v) is 9.96. The van der Waals surface area contributed by atoms with Crippen LogP contribution in [0, 0.1) is 0 Å². The Morgan fingerprint density at radius 3 is 2.27 bits per heavy atom. The van der Waals surface area contributed by atoms with Crippen LogP contribution in [0.2, 0.25) is 0 Å². The molecule has 1 heterocycles. The van der Waals surface area contributed by atoms with E-state index in [9.17, 15) is 13.2 Å². The monoisotopic (exact) mass is 391 g/mol. The Morgan fingerprint density at radius 2 is 1.69 bits per heavy atom. The Bertz CT molecular complexity index is 1050. The zero-order valence-corrected chi connectivity index (χ0v) is 15.4. The fraction of sp³-hybridized carbons (Fsp3) is 0.0588. The summed E-state index contributed by atoms with van der Waals surface area (Å²) in [5.74, 6) is -0.629. The molecule has 0 aliphatic carbocycles. The molecule has 1 aromatic heterocycles. The van der Waals surface area contributed by atoms with E-state index in [1.165, 1.54) is 11.3 Å². The largest absolute Gasteiger partial charge is 0.370 e. The maximum absolute atomic E-state index is 11.9. The molecule has 1 amide bonds. The molecule has 0 saturated carbocycles. The number of nitrogens with two attached hydrogens (primary N) is 2. The molecule has 3 aromatic rings. The number of guanidine groups is 1. The number of amides is 1. The van der Waals surface area contributed by atoms with E-state index in [0.29, 0.717) is 11.1 Å². The number of fused-ring (bicyclic) bond motifs is 1. The van der Waals surface area contributed by atoms with Gasteiger partial charge in [0.2, 0.25) is 0 Å². The second kappa shape index (κ2) is 8.09. The summed E-state index contributed by atoms with van der Waals surface area (Å²) in [6.07, 6.45) is 0.715. The summed E-state index contributed by atoms with van der Waals surface area (Å²) in [4.78, 5) is 16.1. The van der Waals surface area contributed by atoms with Gasteiger partial charge in [0, 0.05) is 10.1 Å². The van der Waals surface area contributed by atoms with Gasteiger partial charge in [-0.05, 0) is 23.3 Å². The Hall–Kier alpha value is -2.75. The molecular weight excluding hydrogens is 374 g/mol. The molecule has 0 atom stereocenters. The smallest absolute Gasteiger partial charge is 0.290 e. The van der Waals surface area contributed by atoms with Crippen molar-refractivity contribution in [1.82, 2.24) is 0 Å². The van der Waals surface area contributed by atoms with Crippen LogP contribution in [-0.4, -0.2) is 31.1 Å². The lowest BCUT2D eigenvalue weighted by atomic mass is 10.0. The summed E-state index contributed by atoms with van der Waals surface area (Å²) in [6.45, 7) is 0. The van der Waals surface area contributed by atoms with Gasteiger partial charge in [0.05, 0.1) is 11.1 Å². The molecule has 0 unspecified atom stereocenters. The molecular formula is C17H17N3O4S2. The van der Waals surface area contributed by atoms with Gasteiger partial charge in [0.15, 0.2) is 5.96 Å². The maximum atomic E-state index is 11.9. The third-order valence-electron chi connectivity index (χ3n) is 3.09. The van der Waals surface area contributed by atoms with Crippen molar-refractivity contribution < 1.29 is 17.8 Å². The molecule has 0 spiro atoms. The lowest BCUT2D eigenvalue weighted by Crippen LogP contribution is -2.24. The topological polar surface area (TPSA) is 136 Å². The fourth-order valence-electron chi connectivity index (χ4n) is 2.21. The third-order valence-corrected chi connectivity index (χ3v) is 4.18. The summed E-state index contributed by atoms with van der Waals surface area (Å²) in [6, 6.07) is 17.9. The highest BCUT2D eigenvalue weighted by Gasteiger charge is 2.12. The minimum Gasteiger partial charge on any atom is -0.370 e. The fourth-order valence-corrected chi connectivity index (χ4v) is 3.18. The second-order valence-electron chi connectivity index (χ2n) is 5.27. The molecule has 0 bridgehead atoms. The lowest BCUT2D eigenvalue weighted by molar-refractivity contribution is 0.101. The molecule has 136 valence electrons. The molecule has 0 aliphatic heterocycles. The van der Waals surface area contributed by atoms with Crippen LogP contribution in [-0.2, 0) is 10.1 Å². The molecule has 3 rings (SSSR count). The average molecular weight is 391 g/mol. The Morgan fingerprint density at radius 1 is 1.08 bits per heavy atom. The van der Waals surface area contributed by atoms with E-state index < -0.39 is 16.0 Å². The van der Waals surface area contributed by atoms with E-state index in [0.717, 1.165) is 21.2 Å². The van der Waals surface area contributed by atoms with Crippen LogP contribution in [0.5, 0.6) is 0 Å². The first-order valence-electron chi connectivity index (χ1n) is 7.29. The number of aliphatic imine (C=N–C) groups is 1. The lowest BCUT2D eigenvalue weighted by Gasteiger charge is -2.02. The number of carbonyl (C=O) groups excluding carboxylic acids is 1. The predicted octanol–water partition coefficient (Wildman–Crippen LogP) is 2.49. The number of rotatable bonds is 2. The Labute approximate surface area is 154 Å². The number of carbonyl (C=O) groups is 1. The Kier molecular flexibility index (Phi) is 6.09. The minimum absolute atomic E-state index is 0.222. The summed E-state index contributed by atoms with van der Waals surface area (Å²) in [7, 11) is -3.67. The number of thiophene rings is 1. The molecule has 2 aromatic carbocycles. The van der Waals surface area contributed by atoms with Gasteiger partial charge < -0.3 is 11.5 Å². The van der Waals surface area contributed by atoms with E-state index in [2.05, 4.69) is 4.99 Å². The van der Waals surface area contributed by atoms with Gasteiger partial charge in [-0.2, -0.15) is 13.4 Å². The van der Waals surface area contributed by atoms with Gasteiger partial charge in [-0.15, -0.1) is 11.3 Å². The van der Waals surface area contributed by atoms with Crippen molar-refractivity contribution in [3.8, 4) is 11.1 Å². The van der Waals surface area contributed by atoms with E-state index in [1.54, 1.807) is 0 Å². The second-order valence-corrected chi connectivity index (χ2v) is 7.82. The summed E-state index contributed by atoms with van der Waals surface area (Å²) < 4.78 is 26.9. The normalized spacial score (nSPS) is 10.7.